The Morgan fingerprint density at radius 2 is 2.00 bits per heavy atom. The highest BCUT2D eigenvalue weighted by molar-refractivity contribution is 5.77. The van der Waals surface area contributed by atoms with E-state index >= 15 is 0 Å². The van der Waals surface area contributed by atoms with Crippen LogP contribution in [0, 0.1) is 0 Å². The number of aryl methyl sites for hydroxylation is 1. The molecule has 2 bridgehead atoms. The molecule has 2 unspecified atom stereocenters. The summed E-state index contributed by atoms with van der Waals surface area (Å²) in [6, 6.07) is 9.40. The van der Waals surface area contributed by atoms with E-state index in [2.05, 4.69) is 15.5 Å². The van der Waals surface area contributed by atoms with Gasteiger partial charge in [-0.15, -0.1) is 10.2 Å². The van der Waals surface area contributed by atoms with Crippen LogP contribution in [0.3, 0.4) is 0 Å². The highest BCUT2D eigenvalue weighted by atomic mass is 16.7. The predicted octanol–water partition coefficient (Wildman–Crippen LogP) is 3.60. The molecular formula is C23H31N5O5. The van der Waals surface area contributed by atoms with Gasteiger partial charge in [0.15, 0.2) is 0 Å². The maximum atomic E-state index is 13.0. The first kappa shape index (κ1) is 23.0. The number of ether oxygens (including phenoxy) is 1. The topological polar surface area (TPSA) is 110 Å². The second kappa shape index (κ2) is 9.78. The fourth-order valence-electron chi connectivity index (χ4n) is 4.02. The monoisotopic (exact) mass is 457 g/mol. The number of rotatable bonds is 8. The number of aromatic nitrogens is 2. The van der Waals surface area contributed by atoms with Gasteiger partial charge in [-0.25, -0.2) is 9.59 Å². The number of hydrogen-bond acceptors (Lipinski definition) is 7. The molecule has 10 heteroatoms. The van der Waals surface area contributed by atoms with Crippen molar-refractivity contribution >= 4 is 12.1 Å². The van der Waals surface area contributed by atoms with Gasteiger partial charge in [0.2, 0.25) is 11.8 Å². The fourth-order valence-corrected chi connectivity index (χ4v) is 4.02. The van der Waals surface area contributed by atoms with Crippen molar-refractivity contribution in [2.24, 2.45) is 0 Å². The normalized spacial score (nSPS) is 20.3. The van der Waals surface area contributed by atoms with Gasteiger partial charge in [-0.05, 0) is 45.6 Å². The van der Waals surface area contributed by atoms with Crippen LogP contribution in [0.5, 0.6) is 0 Å². The Hall–Kier alpha value is -3.14. The third-order valence-electron chi connectivity index (χ3n) is 5.54. The summed E-state index contributed by atoms with van der Waals surface area (Å²) in [4.78, 5) is 32.3. The number of urea groups is 1. The Bertz CT molecular complexity index is 958. The highest BCUT2D eigenvalue weighted by Crippen LogP contribution is 2.38. The Morgan fingerprint density at radius 3 is 2.76 bits per heavy atom. The van der Waals surface area contributed by atoms with Crippen LogP contribution in [0.25, 0.3) is 0 Å². The molecule has 33 heavy (non-hydrogen) atoms. The van der Waals surface area contributed by atoms with E-state index in [1.807, 2.05) is 51.1 Å². The highest BCUT2D eigenvalue weighted by Gasteiger charge is 2.47. The van der Waals surface area contributed by atoms with Gasteiger partial charge in [0.05, 0.1) is 6.04 Å². The summed E-state index contributed by atoms with van der Waals surface area (Å²) in [5.41, 5.74) is 0.487. The zero-order valence-corrected chi connectivity index (χ0v) is 19.3. The Balaban J connectivity index is 1.27. The molecule has 2 aliphatic rings. The smallest absolute Gasteiger partial charge is 0.407 e. The SMILES string of the molecule is CC(C)(C)OC(=O)NCCCc1nnc(C2CCC3CN2C(=O)N3OCc2ccccc2)o1. The first-order chi connectivity index (χ1) is 15.8. The van der Waals surface area contributed by atoms with Crippen molar-refractivity contribution in [1.29, 1.82) is 0 Å². The molecule has 0 aliphatic carbocycles. The molecular weight excluding hydrogens is 426 g/mol. The molecule has 2 aliphatic heterocycles. The van der Waals surface area contributed by atoms with E-state index in [1.54, 1.807) is 4.90 Å². The molecule has 1 N–H and O–H groups in total. The van der Waals surface area contributed by atoms with Crippen LogP contribution in [-0.2, 0) is 22.6 Å². The Labute approximate surface area is 193 Å². The number of alkyl carbamates (subject to hydrolysis) is 1. The summed E-state index contributed by atoms with van der Waals surface area (Å²) >= 11 is 0. The lowest BCUT2D eigenvalue weighted by atomic mass is 10.0. The lowest BCUT2D eigenvalue weighted by Crippen LogP contribution is -2.34. The van der Waals surface area contributed by atoms with E-state index in [9.17, 15) is 9.59 Å². The molecule has 3 amide bonds. The predicted molar refractivity (Wildman–Crippen MR) is 118 cm³/mol. The molecule has 2 fully saturated rings. The molecule has 1 aromatic heterocycles. The van der Waals surface area contributed by atoms with Crippen LogP contribution in [0.2, 0.25) is 0 Å². The average molecular weight is 458 g/mol. The van der Waals surface area contributed by atoms with E-state index in [0.29, 0.717) is 44.3 Å². The molecule has 4 rings (SSSR count). The molecule has 2 saturated heterocycles. The van der Waals surface area contributed by atoms with Crippen molar-refractivity contribution < 1.29 is 23.6 Å². The van der Waals surface area contributed by atoms with Crippen molar-refractivity contribution in [2.75, 3.05) is 13.1 Å². The Kier molecular flexibility index (Phi) is 6.83. The molecule has 2 aromatic rings. The van der Waals surface area contributed by atoms with Crippen LogP contribution < -0.4 is 5.32 Å². The van der Waals surface area contributed by atoms with Gasteiger partial charge in [0, 0.05) is 19.5 Å². The number of amides is 3. The van der Waals surface area contributed by atoms with E-state index in [-0.39, 0.29) is 18.1 Å². The first-order valence-corrected chi connectivity index (χ1v) is 11.4. The fraction of sp³-hybridized carbons (Fsp3) is 0.565. The first-order valence-electron chi connectivity index (χ1n) is 11.4. The minimum absolute atomic E-state index is 0.0267. The lowest BCUT2D eigenvalue weighted by Gasteiger charge is -2.27. The maximum Gasteiger partial charge on any atom is 0.407 e. The Morgan fingerprint density at radius 1 is 1.21 bits per heavy atom. The molecule has 178 valence electrons. The summed E-state index contributed by atoms with van der Waals surface area (Å²) in [5.74, 6) is 0.934. The van der Waals surface area contributed by atoms with Gasteiger partial charge in [-0.1, -0.05) is 30.3 Å². The van der Waals surface area contributed by atoms with Crippen molar-refractivity contribution in [2.45, 2.75) is 70.7 Å². The van der Waals surface area contributed by atoms with E-state index in [0.717, 1.165) is 18.4 Å². The minimum Gasteiger partial charge on any atom is -0.444 e. The number of piperidine rings is 1. The molecule has 0 spiro atoms. The van der Waals surface area contributed by atoms with Crippen molar-refractivity contribution in [1.82, 2.24) is 25.5 Å². The largest absolute Gasteiger partial charge is 0.444 e. The van der Waals surface area contributed by atoms with Crippen LogP contribution >= 0.6 is 0 Å². The summed E-state index contributed by atoms with van der Waals surface area (Å²) in [6.07, 6.45) is 2.26. The van der Waals surface area contributed by atoms with Crippen molar-refractivity contribution in [3.8, 4) is 0 Å². The third kappa shape index (κ3) is 5.81. The van der Waals surface area contributed by atoms with Gasteiger partial charge in [0.1, 0.15) is 18.2 Å². The molecule has 1 aromatic carbocycles. The average Bonchev–Trinajstić information content (AvgIpc) is 3.33. The van der Waals surface area contributed by atoms with Gasteiger partial charge >= 0.3 is 12.1 Å². The minimum atomic E-state index is -0.528. The van der Waals surface area contributed by atoms with Gasteiger partial charge in [-0.3, -0.25) is 4.84 Å². The molecule has 2 atom stereocenters. The van der Waals surface area contributed by atoms with Crippen molar-refractivity contribution in [3.05, 3.63) is 47.7 Å². The van der Waals surface area contributed by atoms with Crippen LogP contribution in [0.15, 0.2) is 34.7 Å². The second-order valence-electron chi connectivity index (χ2n) is 9.33. The van der Waals surface area contributed by atoms with Crippen LogP contribution in [0.1, 0.15) is 63.4 Å². The summed E-state index contributed by atoms with van der Waals surface area (Å²) in [5, 5.41) is 12.5. The lowest BCUT2D eigenvalue weighted by molar-refractivity contribution is -0.140. The number of hydrogen-bond donors (Lipinski definition) is 1. The number of carbonyl (C=O) groups excluding carboxylic acids is 2. The number of hydroxylamine groups is 2. The summed E-state index contributed by atoms with van der Waals surface area (Å²) < 4.78 is 11.1. The number of nitrogens with one attached hydrogen (secondary N) is 1. The zero-order valence-electron chi connectivity index (χ0n) is 19.3. The zero-order chi connectivity index (χ0) is 23.4. The number of carbonyl (C=O) groups is 2. The number of nitrogens with zero attached hydrogens (tertiary/aromatic N) is 4. The van der Waals surface area contributed by atoms with Gasteiger partial charge < -0.3 is 19.4 Å². The van der Waals surface area contributed by atoms with Crippen LogP contribution in [-0.4, -0.2) is 57.0 Å². The van der Waals surface area contributed by atoms with Gasteiger partial charge in [-0.2, -0.15) is 5.06 Å². The summed E-state index contributed by atoms with van der Waals surface area (Å²) in [7, 11) is 0. The maximum absolute atomic E-state index is 13.0. The molecule has 10 nitrogen and oxygen atoms in total. The van der Waals surface area contributed by atoms with E-state index < -0.39 is 11.7 Å². The van der Waals surface area contributed by atoms with E-state index in [4.69, 9.17) is 14.0 Å². The third-order valence-corrected chi connectivity index (χ3v) is 5.54. The number of fused-ring (bicyclic) bond motifs is 2. The van der Waals surface area contributed by atoms with Gasteiger partial charge in [0.25, 0.3) is 0 Å². The summed E-state index contributed by atoms with van der Waals surface area (Å²) in [6.45, 7) is 6.83. The van der Waals surface area contributed by atoms with E-state index in [1.165, 1.54) is 5.06 Å². The van der Waals surface area contributed by atoms with Crippen LogP contribution in [0.4, 0.5) is 9.59 Å². The molecule has 0 radical (unpaired) electrons. The second-order valence-corrected chi connectivity index (χ2v) is 9.33. The quantitative estimate of drug-likeness (QED) is 0.603. The molecule has 0 saturated carbocycles. The standard InChI is InChI=1S/C23H31N5O5/c1-23(2,3)33-21(29)24-13-7-10-19-25-26-20(32-19)18-12-11-17-14-27(18)22(30)28(17)31-15-16-8-5-4-6-9-16/h4-6,8-9,17-18H,7,10-15H2,1-3H3,(H,24,29). The van der Waals surface area contributed by atoms with Crippen molar-refractivity contribution in [3.63, 3.8) is 0 Å². The number of benzene rings is 1. The molecule has 3 heterocycles.